The van der Waals surface area contributed by atoms with Gasteiger partial charge in [0.1, 0.15) is 0 Å². The normalized spacial score (nSPS) is 13.0. The van der Waals surface area contributed by atoms with E-state index in [4.69, 9.17) is 5.73 Å². The minimum Gasteiger partial charge on any atom is -0.355 e. The van der Waals surface area contributed by atoms with Gasteiger partial charge in [0.2, 0.25) is 0 Å². The van der Waals surface area contributed by atoms with Crippen LogP contribution in [0.1, 0.15) is 16.5 Å². The maximum Gasteiger partial charge on any atom is 0.0702 e. The molecular weight excluding hydrogens is 344 g/mol. The van der Waals surface area contributed by atoms with Crippen molar-refractivity contribution in [2.45, 2.75) is 6.04 Å². The van der Waals surface area contributed by atoms with E-state index in [0.29, 0.717) is 0 Å². The Kier molecular flexibility index (Phi) is 3.10. The largest absolute Gasteiger partial charge is 0.355 e. The van der Waals surface area contributed by atoms with Crippen LogP contribution in [0.2, 0.25) is 0 Å². The van der Waals surface area contributed by atoms with Crippen LogP contribution in [0, 0.1) is 0 Å². The van der Waals surface area contributed by atoms with Crippen LogP contribution in [0.3, 0.4) is 0 Å². The summed E-state index contributed by atoms with van der Waals surface area (Å²) in [7, 11) is 0. The first kappa shape index (κ1) is 13.1. The van der Waals surface area contributed by atoms with Crippen LogP contribution in [-0.4, -0.2) is 4.98 Å². The summed E-state index contributed by atoms with van der Waals surface area (Å²) < 4.78 is 1.11. The molecule has 0 saturated heterocycles. The van der Waals surface area contributed by atoms with Crippen LogP contribution in [0.25, 0.3) is 21.8 Å². The molecule has 0 radical (unpaired) electrons. The summed E-state index contributed by atoms with van der Waals surface area (Å²) >= 11 is 5.18. The van der Waals surface area contributed by atoms with Gasteiger partial charge >= 0.3 is 0 Å². The average Bonchev–Trinajstić information content (AvgIpc) is 3.09. The fourth-order valence-electron chi connectivity index (χ4n) is 2.72. The number of thiophene rings is 1. The minimum atomic E-state index is -0.0839. The van der Waals surface area contributed by atoms with Gasteiger partial charge < -0.3 is 10.7 Å². The van der Waals surface area contributed by atoms with Gasteiger partial charge in [-0.15, -0.1) is 11.3 Å². The summed E-state index contributed by atoms with van der Waals surface area (Å²) in [5.74, 6) is 0. The van der Waals surface area contributed by atoms with Crippen molar-refractivity contribution in [1.82, 2.24) is 4.98 Å². The molecule has 104 valence electrons. The fraction of sp³-hybridized carbons (Fsp3) is 0.0588. The molecule has 0 fully saturated rings. The molecule has 1 atom stereocenters. The van der Waals surface area contributed by atoms with Crippen LogP contribution in [-0.2, 0) is 0 Å². The van der Waals surface area contributed by atoms with Gasteiger partial charge in [-0.1, -0.05) is 24.3 Å². The van der Waals surface area contributed by atoms with Gasteiger partial charge in [-0.2, -0.15) is 0 Å². The molecule has 0 bridgehead atoms. The number of hydrogen-bond donors (Lipinski definition) is 2. The molecule has 4 heteroatoms. The van der Waals surface area contributed by atoms with E-state index in [-0.39, 0.29) is 6.04 Å². The predicted octanol–water partition coefficient (Wildman–Crippen LogP) is 5.19. The Morgan fingerprint density at radius 3 is 2.57 bits per heavy atom. The first-order valence-corrected chi connectivity index (χ1v) is 8.34. The summed E-state index contributed by atoms with van der Waals surface area (Å²) in [6, 6.07) is 18.8. The van der Waals surface area contributed by atoms with Crippen molar-refractivity contribution in [3.63, 3.8) is 0 Å². The third-order valence-electron chi connectivity index (χ3n) is 3.79. The molecule has 21 heavy (non-hydrogen) atoms. The summed E-state index contributed by atoms with van der Waals surface area (Å²) in [4.78, 5) is 4.61. The number of H-pyrrole nitrogens is 1. The molecule has 1 unspecified atom stereocenters. The zero-order valence-corrected chi connectivity index (χ0v) is 13.5. The molecule has 0 aliphatic heterocycles. The van der Waals surface area contributed by atoms with Crippen LogP contribution >= 0.6 is 27.3 Å². The SMILES string of the molecule is NC(c1ccc2[nH]c3ccccc3c2c1)c1ccc(Br)s1. The molecule has 2 aromatic carbocycles. The van der Waals surface area contributed by atoms with Gasteiger partial charge in [0.15, 0.2) is 0 Å². The number of benzene rings is 2. The second-order valence-corrected chi connectivity index (χ2v) is 7.59. The van der Waals surface area contributed by atoms with Gasteiger partial charge in [-0.05, 0) is 51.8 Å². The molecule has 4 aromatic rings. The molecular formula is C17H13BrN2S. The van der Waals surface area contributed by atoms with Crippen molar-refractivity contribution in [2.75, 3.05) is 0 Å². The molecule has 0 amide bonds. The summed E-state index contributed by atoms with van der Waals surface area (Å²) in [6.07, 6.45) is 0. The molecule has 0 spiro atoms. The van der Waals surface area contributed by atoms with Gasteiger partial charge in [-0.25, -0.2) is 0 Å². The highest BCUT2D eigenvalue weighted by molar-refractivity contribution is 9.11. The number of halogens is 1. The maximum absolute atomic E-state index is 6.41. The lowest BCUT2D eigenvalue weighted by Gasteiger charge is -2.10. The van der Waals surface area contributed by atoms with Crippen molar-refractivity contribution >= 4 is 49.1 Å². The topological polar surface area (TPSA) is 41.8 Å². The number of nitrogens with two attached hydrogens (primary N) is 1. The van der Waals surface area contributed by atoms with Gasteiger partial charge in [-0.3, -0.25) is 0 Å². The summed E-state index contributed by atoms with van der Waals surface area (Å²) in [6.45, 7) is 0. The standard InChI is InChI=1S/C17H13BrN2S/c18-16-8-7-15(21-16)17(19)10-5-6-14-12(9-10)11-3-1-2-4-13(11)20-14/h1-9,17,20H,19H2. The average molecular weight is 357 g/mol. The van der Waals surface area contributed by atoms with Crippen LogP contribution in [0.5, 0.6) is 0 Å². The summed E-state index contributed by atoms with van der Waals surface area (Å²) in [5, 5.41) is 2.48. The predicted molar refractivity (Wildman–Crippen MR) is 93.9 cm³/mol. The molecule has 0 aliphatic carbocycles. The molecule has 3 N–H and O–H groups in total. The third kappa shape index (κ3) is 2.20. The number of aromatic amines is 1. The van der Waals surface area contributed by atoms with Crippen LogP contribution in [0.15, 0.2) is 58.4 Å². The maximum atomic E-state index is 6.41. The van der Waals surface area contributed by atoms with Gasteiger partial charge in [0, 0.05) is 26.7 Å². The molecule has 4 rings (SSSR count). The Hall–Kier alpha value is -1.62. The van der Waals surface area contributed by atoms with Crippen LogP contribution in [0.4, 0.5) is 0 Å². The van der Waals surface area contributed by atoms with Crippen molar-refractivity contribution in [3.8, 4) is 0 Å². The van der Waals surface area contributed by atoms with Gasteiger partial charge in [0.05, 0.1) is 9.83 Å². The first-order valence-electron chi connectivity index (χ1n) is 6.73. The third-order valence-corrected chi connectivity index (χ3v) is 5.50. The smallest absolute Gasteiger partial charge is 0.0702 e. The number of nitrogens with one attached hydrogen (secondary N) is 1. The zero-order chi connectivity index (χ0) is 14.4. The lowest BCUT2D eigenvalue weighted by atomic mass is 10.0. The van der Waals surface area contributed by atoms with E-state index in [1.165, 1.54) is 15.6 Å². The van der Waals surface area contributed by atoms with Crippen molar-refractivity contribution < 1.29 is 0 Å². The van der Waals surface area contributed by atoms with E-state index in [2.05, 4.69) is 63.4 Å². The Balaban J connectivity index is 1.88. The number of para-hydroxylation sites is 1. The zero-order valence-electron chi connectivity index (χ0n) is 11.1. The van der Waals surface area contributed by atoms with Crippen molar-refractivity contribution in [3.05, 3.63) is 68.8 Å². The molecule has 0 saturated carbocycles. The quantitative estimate of drug-likeness (QED) is 0.509. The highest BCUT2D eigenvalue weighted by Gasteiger charge is 2.13. The lowest BCUT2D eigenvalue weighted by molar-refractivity contribution is 0.896. The highest BCUT2D eigenvalue weighted by atomic mass is 79.9. The Labute approximate surface area is 134 Å². The molecule has 2 nitrogen and oxygen atoms in total. The number of aromatic nitrogens is 1. The second-order valence-electron chi connectivity index (χ2n) is 5.10. The molecule has 2 heterocycles. The van der Waals surface area contributed by atoms with Crippen LogP contribution < -0.4 is 5.73 Å². The van der Waals surface area contributed by atoms with E-state index in [1.54, 1.807) is 11.3 Å². The van der Waals surface area contributed by atoms with E-state index < -0.39 is 0 Å². The number of rotatable bonds is 2. The van der Waals surface area contributed by atoms with Gasteiger partial charge in [0.25, 0.3) is 0 Å². The first-order chi connectivity index (χ1) is 10.2. The molecule has 2 aromatic heterocycles. The minimum absolute atomic E-state index is 0.0839. The van der Waals surface area contributed by atoms with E-state index in [9.17, 15) is 0 Å². The van der Waals surface area contributed by atoms with E-state index in [0.717, 1.165) is 20.4 Å². The van der Waals surface area contributed by atoms with E-state index in [1.807, 2.05) is 12.1 Å². The second kappa shape index (κ2) is 4.98. The fourth-order valence-corrected chi connectivity index (χ4v) is 4.17. The van der Waals surface area contributed by atoms with Crippen molar-refractivity contribution in [2.24, 2.45) is 5.73 Å². The van der Waals surface area contributed by atoms with Crippen molar-refractivity contribution in [1.29, 1.82) is 0 Å². The Bertz CT molecular complexity index is 938. The lowest BCUT2D eigenvalue weighted by Crippen LogP contribution is -2.09. The van der Waals surface area contributed by atoms with E-state index >= 15 is 0 Å². The number of hydrogen-bond acceptors (Lipinski definition) is 2. The highest BCUT2D eigenvalue weighted by Crippen LogP contribution is 2.32. The molecule has 0 aliphatic rings. The monoisotopic (exact) mass is 356 g/mol. The Morgan fingerprint density at radius 2 is 1.76 bits per heavy atom. The number of fused-ring (bicyclic) bond motifs is 3. The Morgan fingerprint density at radius 1 is 0.952 bits per heavy atom. The summed E-state index contributed by atoms with van der Waals surface area (Å²) in [5.41, 5.74) is 9.87.